The summed E-state index contributed by atoms with van der Waals surface area (Å²) < 4.78 is 0.957. The van der Waals surface area contributed by atoms with E-state index in [1.54, 1.807) is 0 Å². The van der Waals surface area contributed by atoms with Crippen molar-refractivity contribution in [1.29, 1.82) is 0 Å². The zero-order valence-corrected chi connectivity index (χ0v) is 16.8. The molecule has 2 aromatic carbocycles. The summed E-state index contributed by atoms with van der Waals surface area (Å²) in [5.41, 5.74) is 6.07. The van der Waals surface area contributed by atoms with Crippen LogP contribution in [0, 0.1) is 0 Å². The maximum Gasteiger partial charge on any atom is 0.170 e. The fourth-order valence-corrected chi connectivity index (χ4v) is 3.91. The molecule has 4 nitrogen and oxygen atoms in total. The van der Waals surface area contributed by atoms with Crippen molar-refractivity contribution in [2.75, 3.05) is 11.9 Å². The molecule has 1 N–H and O–H groups in total. The molecule has 2 aliphatic rings. The number of carbonyl (C=O) groups excluding carboxylic acids is 1. The minimum Gasteiger partial charge on any atom is -0.395 e. The van der Waals surface area contributed by atoms with Crippen molar-refractivity contribution in [1.82, 2.24) is 0 Å². The van der Waals surface area contributed by atoms with E-state index in [0.717, 1.165) is 51.8 Å². The molecular formula is C22H21BrN2O2. The number of carbonyl (C=O) groups is 1. The van der Waals surface area contributed by atoms with Gasteiger partial charge in [0.2, 0.25) is 0 Å². The molecule has 0 radical (unpaired) electrons. The largest absolute Gasteiger partial charge is 0.395 e. The van der Waals surface area contributed by atoms with Gasteiger partial charge in [-0.3, -0.25) is 4.79 Å². The van der Waals surface area contributed by atoms with Gasteiger partial charge in [-0.1, -0.05) is 65.1 Å². The van der Waals surface area contributed by atoms with E-state index in [4.69, 9.17) is 4.84 Å². The number of ketones is 1. The fraction of sp³-hybridized carbons (Fsp3) is 0.273. The summed E-state index contributed by atoms with van der Waals surface area (Å²) in [5.74, 6) is 0.108. The Hall–Kier alpha value is -2.40. The number of hydrogen-bond donors (Lipinski definition) is 1. The lowest BCUT2D eigenvalue weighted by atomic mass is 10.0. The quantitative estimate of drug-likeness (QED) is 0.401. The van der Waals surface area contributed by atoms with Crippen LogP contribution in [0.15, 0.2) is 57.8 Å². The molecule has 0 fully saturated rings. The second-order valence-electron chi connectivity index (χ2n) is 6.80. The van der Waals surface area contributed by atoms with Crippen LogP contribution in [0.2, 0.25) is 0 Å². The number of unbranched alkanes of at least 4 members (excludes halogenated alkanes) is 2. The molecule has 0 atom stereocenters. The van der Waals surface area contributed by atoms with Crippen LogP contribution < -0.4 is 5.32 Å². The normalized spacial score (nSPS) is 19.2. The lowest BCUT2D eigenvalue weighted by molar-refractivity contribution is -0.112. The van der Waals surface area contributed by atoms with Crippen molar-refractivity contribution in [2.24, 2.45) is 5.16 Å². The molecule has 1 aliphatic heterocycles. The van der Waals surface area contributed by atoms with Gasteiger partial charge in [-0.2, -0.15) is 0 Å². The van der Waals surface area contributed by atoms with Crippen LogP contribution in [-0.4, -0.2) is 18.1 Å². The van der Waals surface area contributed by atoms with Gasteiger partial charge >= 0.3 is 0 Å². The van der Waals surface area contributed by atoms with Gasteiger partial charge in [-0.05, 0) is 35.7 Å². The Morgan fingerprint density at radius 1 is 1.15 bits per heavy atom. The first-order chi connectivity index (χ1) is 13.2. The number of para-hydroxylation sites is 1. The highest BCUT2D eigenvalue weighted by Crippen LogP contribution is 2.39. The van der Waals surface area contributed by atoms with E-state index in [9.17, 15) is 4.79 Å². The molecule has 0 bridgehead atoms. The number of halogens is 1. The minimum atomic E-state index is 0.108. The Kier molecular flexibility index (Phi) is 5.12. The molecule has 138 valence electrons. The standard InChI is InChI=1S/C22H21BrN2O2/c1-2-3-6-11-27-25-21-16-7-4-5-8-18(16)24-22(21)20-17-13-15(23)10-9-14(17)12-19(20)26/h4-5,7-10,13,24H,2-3,6,11-12H2,1H3/b22-20-,25-21+. The third kappa shape index (κ3) is 3.44. The van der Waals surface area contributed by atoms with Crippen molar-refractivity contribution < 1.29 is 9.63 Å². The van der Waals surface area contributed by atoms with E-state index >= 15 is 0 Å². The van der Waals surface area contributed by atoms with Gasteiger partial charge in [0.1, 0.15) is 12.3 Å². The summed E-state index contributed by atoms with van der Waals surface area (Å²) in [6.07, 6.45) is 3.65. The smallest absolute Gasteiger partial charge is 0.170 e. The van der Waals surface area contributed by atoms with Gasteiger partial charge in [0.05, 0.1) is 11.3 Å². The van der Waals surface area contributed by atoms with Gasteiger partial charge < -0.3 is 10.2 Å². The van der Waals surface area contributed by atoms with Crippen LogP contribution in [0.1, 0.15) is 42.9 Å². The van der Waals surface area contributed by atoms with E-state index in [2.05, 4.69) is 33.3 Å². The van der Waals surface area contributed by atoms with Crippen LogP contribution in [0.3, 0.4) is 0 Å². The van der Waals surface area contributed by atoms with Crippen molar-refractivity contribution in [3.63, 3.8) is 0 Å². The maximum absolute atomic E-state index is 12.8. The molecule has 4 rings (SSSR count). The maximum atomic E-state index is 12.8. The van der Waals surface area contributed by atoms with Crippen molar-refractivity contribution in [3.05, 3.63) is 69.3 Å². The Labute approximate surface area is 167 Å². The molecule has 1 aliphatic carbocycles. The first-order valence-corrected chi connectivity index (χ1v) is 10.1. The molecule has 0 aromatic heterocycles. The zero-order valence-electron chi connectivity index (χ0n) is 15.2. The van der Waals surface area contributed by atoms with Crippen LogP contribution in [0.5, 0.6) is 0 Å². The number of allylic oxidation sites excluding steroid dienone is 2. The average Bonchev–Trinajstić information content (AvgIpc) is 3.18. The van der Waals surface area contributed by atoms with E-state index in [0.29, 0.717) is 24.3 Å². The summed E-state index contributed by atoms with van der Waals surface area (Å²) in [5, 5.41) is 7.83. The molecule has 0 amide bonds. The summed E-state index contributed by atoms with van der Waals surface area (Å²) in [4.78, 5) is 18.4. The second-order valence-corrected chi connectivity index (χ2v) is 7.72. The Balaban J connectivity index is 1.77. The molecule has 1 heterocycles. The number of oxime groups is 1. The predicted molar refractivity (Wildman–Crippen MR) is 112 cm³/mol. The summed E-state index contributed by atoms with van der Waals surface area (Å²) >= 11 is 3.52. The van der Waals surface area contributed by atoms with Crippen molar-refractivity contribution in [3.8, 4) is 0 Å². The zero-order chi connectivity index (χ0) is 18.8. The Morgan fingerprint density at radius 3 is 2.85 bits per heavy atom. The molecule has 27 heavy (non-hydrogen) atoms. The summed E-state index contributed by atoms with van der Waals surface area (Å²) in [7, 11) is 0. The van der Waals surface area contributed by atoms with Crippen LogP contribution in [0.4, 0.5) is 5.69 Å². The van der Waals surface area contributed by atoms with Gasteiger partial charge in [-0.25, -0.2) is 0 Å². The molecule has 0 spiro atoms. The van der Waals surface area contributed by atoms with Gasteiger partial charge in [0.25, 0.3) is 0 Å². The second kappa shape index (κ2) is 7.69. The lowest BCUT2D eigenvalue weighted by Gasteiger charge is -2.08. The van der Waals surface area contributed by atoms with Gasteiger partial charge in [0, 0.05) is 22.1 Å². The number of anilines is 1. The highest BCUT2D eigenvalue weighted by Gasteiger charge is 2.34. The predicted octanol–water partition coefficient (Wildman–Crippen LogP) is 5.32. The van der Waals surface area contributed by atoms with Crippen LogP contribution in [-0.2, 0) is 16.1 Å². The first-order valence-electron chi connectivity index (χ1n) is 9.32. The number of nitrogens with one attached hydrogen (secondary N) is 1. The molecule has 0 saturated carbocycles. The number of nitrogens with zero attached hydrogens (tertiary/aromatic N) is 1. The minimum absolute atomic E-state index is 0.108. The van der Waals surface area contributed by atoms with Crippen LogP contribution >= 0.6 is 15.9 Å². The molecule has 0 saturated heterocycles. The lowest BCUT2D eigenvalue weighted by Crippen LogP contribution is -2.10. The molecule has 2 aromatic rings. The molecular weight excluding hydrogens is 404 g/mol. The van der Waals surface area contributed by atoms with Crippen molar-refractivity contribution in [2.45, 2.75) is 32.6 Å². The number of hydrogen-bond acceptors (Lipinski definition) is 4. The molecule has 0 unspecified atom stereocenters. The average molecular weight is 425 g/mol. The van der Waals surface area contributed by atoms with Crippen LogP contribution in [0.25, 0.3) is 5.57 Å². The third-order valence-corrected chi connectivity index (χ3v) is 5.39. The number of benzene rings is 2. The van der Waals surface area contributed by atoms with E-state index in [1.165, 1.54) is 0 Å². The Bertz CT molecular complexity index is 963. The van der Waals surface area contributed by atoms with Gasteiger partial charge in [-0.15, -0.1) is 0 Å². The molecule has 5 heteroatoms. The highest BCUT2D eigenvalue weighted by molar-refractivity contribution is 9.10. The summed E-state index contributed by atoms with van der Waals surface area (Å²) in [6.45, 7) is 2.74. The third-order valence-electron chi connectivity index (χ3n) is 4.89. The van der Waals surface area contributed by atoms with Gasteiger partial charge in [0.15, 0.2) is 5.78 Å². The SMILES string of the molecule is CCCCCO/N=C1/C(=C2/C(=O)Cc3ccc(Br)cc32)Nc2ccccc21. The number of fused-ring (bicyclic) bond motifs is 2. The van der Waals surface area contributed by atoms with E-state index in [-0.39, 0.29) is 5.78 Å². The monoisotopic (exact) mass is 424 g/mol. The number of Topliss-reactive ketones (excluding diaryl/α,β-unsaturated/α-hetero) is 1. The summed E-state index contributed by atoms with van der Waals surface area (Å²) in [6, 6.07) is 13.9. The Morgan fingerprint density at radius 2 is 2.00 bits per heavy atom. The van der Waals surface area contributed by atoms with Crippen molar-refractivity contribution >= 4 is 38.7 Å². The highest BCUT2D eigenvalue weighted by atomic mass is 79.9. The van der Waals surface area contributed by atoms with E-state index < -0.39 is 0 Å². The van der Waals surface area contributed by atoms with E-state index in [1.807, 2.05) is 42.5 Å². The topological polar surface area (TPSA) is 50.7 Å². The first kappa shape index (κ1) is 18.0. The number of rotatable bonds is 5. The fourth-order valence-electron chi connectivity index (χ4n) is 3.55.